The first kappa shape index (κ1) is 19.2. The first-order chi connectivity index (χ1) is 13.4. The zero-order chi connectivity index (χ0) is 20.1. The summed E-state index contributed by atoms with van der Waals surface area (Å²) < 4.78 is 28.3. The van der Waals surface area contributed by atoms with E-state index in [0.717, 1.165) is 23.9 Å². The van der Waals surface area contributed by atoms with Gasteiger partial charge >= 0.3 is 11.8 Å². The summed E-state index contributed by atoms with van der Waals surface area (Å²) in [6.07, 6.45) is 2.35. The maximum atomic E-state index is 13.5. The third kappa shape index (κ3) is 4.57. The molecule has 3 aromatic rings. The molecule has 3 rings (SSSR count). The lowest BCUT2D eigenvalue weighted by Gasteiger charge is -2.13. The summed E-state index contributed by atoms with van der Waals surface area (Å²) in [6.45, 7) is -0.237. The second kappa shape index (κ2) is 8.40. The Morgan fingerprint density at radius 2 is 1.86 bits per heavy atom. The van der Waals surface area contributed by atoms with Crippen LogP contribution in [0.1, 0.15) is 11.7 Å². The van der Waals surface area contributed by atoms with E-state index in [1.165, 1.54) is 0 Å². The maximum absolute atomic E-state index is 13.5. The first-order valence-corrected chi connectivity index (χ1v) is 8.26. The summed E-state index contributed by atoms with van der Waals surface area (Å²) in [5.74, 6) is -3.90. The van der Waals surface area contributed by atoms with Gasteiger partial charge in [0.25, 0.3) is 0 Å². The molecule has 144 valence electrons. The van der Waals surface area contributed by atoms with Gasteiger partial charge in [-0.1, -0.05) is 12.1 Å². The second-order valence-corrected chi connectivity index (χ2v) is 5.85. The van der Waals surface area contributed by atoms with Gasteiger partial charge in [-0.25, -0.2) is 13.5 Å². The normalized spacial score (nSPS) is 11.7. The Kier molecular flexibility index (Phi) is 5.75. The van der Waals surface area contributed by atoms with E-state index in [1.54, 1.807) is 47.4 Å². The van der Waals surface area contributed by atoms with Gasteiger partial charge < -0.3 is 15.7 Å². The number of halogens is 2. The van der Waals surface area contributed by atoms with Crippen molar-refractivity contribution in [2.24, 2.45) is 0 Å². The summed E-state index contributed by atoms with van der Waals surface area (Å²) >= 11 is 0. The average Bonchev–Trinajstić information content (AvgIpc) is 3.23. The molecule has 9 heteroatoms. The van der Waals surface area contributed by atoms with Gasteiger partial charge in [0.15, 0.2) is 0 Å². The van der Waals surface area contributed by atoms with Crippen molar-refractivity contribution < 1.29 is 23.5 Å². The number of amides is 2. The number of carbonyl (C=O) groups is 2. The predicted molar refractivity (Wildman–Crippen MR) is 96.5 cm³/mol. The lowest BCUT2D eigenvalue weighted by Crippen LogP contribution is -2.37. The van der Waals surface area contributed by atoms with Crippen molar-refractivity contribution in [3.8, 4) is 5.69 Å². The van der Waals surface area contributed by atoms with Crippen molar-refractivity contribution in [1.82, 2.24) is 15.1 Å². The van der Waals surface area contributed by atoms with Gasteiger partial charge in [0.1, 0.15) is 11.6 Å². The zero-order valence-corrected chi connectivity index (χ0v) is 14.5. The van der Waals surface area contributed by atoms with Crippen molar-refractivity contribution in [3.63, 3.8) is 0 Å². The molecular formula is C19H16F2N4O3. The Labute approximate surface area is 158 Å². The van der Waals surface area contributed by atoms with E-state index in [2.05, 4.69) is 10.4 Å². The van der Waals surface area contributed by atoms with Crippen molar-refractivity contribution in [2.45, 2.75) is 6.10 Å². The smallest absolute Gasteiger partial charge is 0.313 e. The molecule has 28 heavy (non-hydrogen) atoms. The second-order valence-electron chi connectivity index (χ2n) is 5.85. The Balaban J connectivity index is 1.54. The van der Waals surface area contributed by atoms with E-state index in [9.17, 15) is 23.5 Å². The number of anilines is 1. The first-order valence-electron chi connectivity index (χ1n) is 8.26. The fourth-order valence-electron chi connectivity index (χ4n) is 2.43. The summed E-state index contributed by atoms with van der Waals surface area (Å²) in [7, 11) is 0. The van der Waals surface area contributed by atoms with Crippen molar-refractivity contribution >= 4 is 17.5 Å². The van der Waals surface area contributed by atoms with Crippen LogP contribution in [0.25, 0.3) is 5.69 Å². The number of aromatic nitrogens is 2. The van der Waals surface area contributed by atoms with E-state index in [-0.39, 0.29) is 6.54 Å². The number of hydrogen-bond acceptors (Lipinski definition) is 4. The molecule has 1 unspecified atom stereocenters. The van der Waals surface area contributed by atoms with Crippen LogP contribution in [0.2, 0.25) is 0 Å². The van der Waals surface area contributed by atoms with Crippen LogP contribution >= 0.6 is 0 Å². The highest BCUT2D eigenvalue weighted by atomic mass is 19.1. The molecular weight excluding hydrogens is 370 g/mol. The minimum absolute atomic E-state index is 0.237. The van der Waals surface area contributed by atoms with Crippen LogP contribution in [0.3, 0.4) is 0 Å². The number of aliphatic hydroxyl groups is 1. The highest BCUT2D eigenvalue weighted by molar-refractivity contribution is 6.39. The van der Waals surface area contributed by atoms with E-state index in [4.69, 9.17) is 0 Å². The Hall–Kier alpha value is -3.59. The third-order valence-electron chi connectivity index (χ3n) is 3.89. The topological polar surface area (TPSA) is 96.2 Å². The molecule has 0 saturated carbocycles. The highest BCUT2D eigenvalue weighted by Crippen LogP contribution is 2.16. The molecule has 0 fully saturated rings. The van der Waals surface area contributed by atoms with Gasteiger partial charge in [0, 0.05) is 25.0 Å². The molecule has 1 heterocycles. The molecule has 2 amide bonds. The monoisotopic (exact) mass is 386 g/mol. The summed E-state index contributed by atoms with van der Waals surface area (Å²) in [5, 5.41) is 18.5. The van der Waals surface area contributed by atoms with Gasteiger partial charge in [-0.05, 0) is 35.9 Å². The number of nitrogens with zero attached hydrogens (tertiary/aromatic N) is 2. The fraction of sp³-hybridized carbons (Fsp3) is 0.105. The third-order valence-corrected chi connectivity index (χ3v) is 3.89. The quantitative estimate of drug-likeness (QED) is 0.584. The molecule has 1 aromatic heterocycles. The molecule has 0 bridgehead atoms. The molecule has 7 nitrogen and oxygen atoms in total. The molecule has 0 radical (unpaired) electrons. The number of carbonyl (C=O) groups excluding carboxylic acids is 2. The van der Waals surface area contributed by atoms with Crippen LogP contribution in [-0.4, -0.2) is 33.2 Å². The number of nitrogens with one attached hydrogen (secondary N) is 2. The molecule has 3 N–H and O–H groups in total. The minimum atomic E-state index is -1.18. The van der Waals surface area contributed by atoms with Crippen molar-refractivity contribution in [2.75, 3.05) is 11.9 Å². The molecule has 0 aliphatic carbocycles. The van der Waals surface area contributed by atoms with Crippen LogP contribution in [-0.2, 0) is 9.59 Å². The van der Waals surface area contributed by atoms with Crippen molar-refractivity contribution in [1.29, 1.82) is 0 Å². The molecule has 0 aliphatic rings. The summed E-state index contributed by atoms with van der Waals surface area (Å²) in [6, 6.07) is 11.1. The zero-order valence-electron chi connectivity index (χ0n) is 14.5. The van der Waals surface area contributed by atoms with Gasteiger partial charge in [-0.3, -0.25) is 9.59 Å². The Morgan fingerprint density at radius 3 is 2.54 bits per heavy atom. The van der Waals surface area contributed by atoms with Crippen LogP contribution in [0.4, 0.5) is 14.5 Å². The average molecular weight is 386 g/mol. The van der Waals surface area contributed by atoms with Gasteiger partial charge in [0.2, 0.25) is 0 Å². The van der Waals surface area contributed by atoms with Crippen LogP contribution in [0.15, 0.2) is 60.9 Å². The van der Waals surface area contributed by atoms with Gasteiger partial charge in [0.05, 0.1) is 17.5 Å². The number of benzene rings is 2. The highest BCUT2D eigenvalue weighted by Gasteiger charge is 2.18. The standard InChI is InChI=1S/C19H16F2N4O3/c20-13-4-7-15(21)16(10-13)24-19(28)18(27)22-11-17(26)12-2-5-14(6-3-12)25-9-1-8-23-25/h1-10,17,26H,11H2,(H,22,27)(H,24,28). The van der Waals surface area contributed by atoms with Crippen LogP contribution < -0.4 is 10.6 Å². The largest absolute Gasteiger partial charge is 0.387 e. The van der Waals surface area contributed by atoms with E-state index >= 15 is 0 Å². The summed E-state index contributed by atoms with van der Waals surface area (Å²) in [5.41, 5.74) is 0.865. The van der Waals surface area contributed by atoms with Crippen LogP contribution in [0, 0.1) is 11.6 Å². The lowest BCUT2D eigenvalue weighted by atomic mass is 10.1. The SMILES string of the molecule is O=C(NCC(O)c1ccc(-n2cccn2)cc1)C(=O)Nc1cc(F)ccc1F. The number of aliphatic hydroxyl groups excluding tert-OH is 1. The summed E-state index contributed by atoms with van der Waals surface area (Å²) in [4.78, 5) is 23.6. The number of rotatable bonds is 5. The minimum Gasteiger partial charge on any atom is -0.387 e. The van der Waals surface area contributed by atoms with E-state index < -0.39 is 35.2 Å². The van der Waals surface area contributed by atoms with Gasteiger partial charge in [-0.2, -0.15) is 5.10 Å². The maximum Gasteiger partial charge on any atom is 0.313 e. The lowest BCUT2D eigenvalue weighted by molar-refractivity contribution is -0.136. The number of hydrogen-bond donors (Lipinski definition) is 3. The molecule has 2 aromatic carbocycles. The molecule has 1 atom stereocenters. The molecule has 0 saturated heterocycles. The predicted octanol–water partition coefficient (Wildman–Crippen LogP) is 1.94. The van der Waals surface area contributed by atoms with Crippen molar-refractivity contribution in [3.05, 3.63) is 78.1 Å². The van der Waals surface area contributed by atoms with E-state index in [0.29, 0.717) is 5.56 Å². The van der Waals surface area contributed by atoms with Gasteiger partial charge in [-0.15, -0.1) is 0 Å². The molecule has 0 aliphatic heterocycles. The fourth-order valence-corrected chi connectivity index (χ4v) is 2.43. The van der Waals surface area contributed by atoms with E-state index in [1.807, 2.05) is 5.32 Å². The molecule has 0 spiro atoms. The Morgan fingerprint density at radius 1 is 1.11 bits per heavy atom. The Bertz CT molecular complexity index is 975. The van der Waals surface area contributed by atoms with Crippen LogP contribution in [0.5, 0.6) is 0 Å².